The summed E-state index contributed by atoms with van der Waals surface area (Å²) in [5, 5.41) is 13.8. The topological polar surface area (TPSA) is 162 Å². The quantitative estimate of drug-likeness (QED) is 0.378. The number of hydrogen-bond donors (Lipinski definition) is 2. The third kappa shape index (κ3) is 7.18. The first-order valence-electron chi connectivity index (χ1n) is 7.01. The normalized spacial score (nSPS) is 11.4. The molecule has 0 heterocycles. The van der Waals surface area contributed by atoms with E-state index in [1.54, 1.807) is 0 Å². The first kappa shape index (κ1) is 22.8. The molecule has 0 aliphatic carbocycles. The number of nitro groups is 1. The Labute approximate surface area is 154 Å². The maximum Gasteiger partial charge on any atom is 0.405 e. The predicted molar refractivity (Wildman–Crippen MR) is 84.1 cm³/mol. The number of nitrogens with one attached hydrogen (secondary N) is 2. The highest BCUT2D eigenvalue weighted by atomic mass is 32.2. The first-order chi connectivity index (χ1) is 12.7. The molecule has 0 unspecified atom stereocenters. The summed E-state index contributed by atoms with van der Waals surface area (Å²) < 4.78 is 63.2. The van der Waals surface area contributed by atoms with Gasteiger partial charge in [-0.25, -0.2) is 18.0 Å². The minimum atomic E-state index is -4.69. The maximum absolute atomic E-state index is 11.9. The molecule has 1 rings (SSSR count). The molecule has 0 radical (unpaired) electrons. The third-order valence-electron chi connectivity index (χ3n) is 2.83. The van der Waals surface area contributed by atoms with Crippen molar-refractivity contribution in [1.29, 1.82) is 0 Å². The molecule has 0 aromatic heterocycles. The average Bonchev–Trinajstić information content (AvgIpc) is 2.55. The number of urea groups is 1. The van der Waals surface area contributed by atoms with Crippen LogP contribution in [0.3, 0.4) is 0 Å². The van der Waals surface area contributed by atoms with Crippen LogP contribution in [0.5, 0.6) is 0 Å². The molecule has 0 fully saturated rings. The minimum absolute atomic E-state index is 0.464. The Morgan fingerprint density at radius 1 is 1.25 bits per heavy atom. The number of nitrogens with zero attached hydrogens (tertiary/aromatic N) is 1. The van der Waals surface area contributed by atoms with Crippen molar-refractivity contribution >= 4 is 33.4 Å². The van der Waals surface area contributed by atoms with Gasteiger partial charge in [-0.15, -0.1) is 0 Å². The van der Waals surface area contributed by atoms with E-state index < -0.39 is 68.1 Å². The van der Waals surface area contributed by atoms with E-state index in [0.717, 1.165) is 18.4 Å². The molecule has 0 saturated heterocycles. The number of imide groups is 1. The molecule has 28 heavy (non-hydrogen) atoms. The summed E-state index contributed by atoms with van der Waals surface area (Å²) in [5.74, 6) is -2.54. The SMILES string of the molecule is CS(=O)(=O)c1ccc(C(=O)OCC(=O)NC(=O)NCC(F)(F)F)cc1[N+](=O)[O-]. The number of benzene rings is 1. The van der Waals surface area contributed by atoms with Crippen LogP contribution in [0.4, 0.5) is 23.7 Å². The van der Waals surface area contributed by atoms with E-state index in [0.29, 0.717) is 6.07 Å². The van der Waals surface area contributed by atoms with Gasteiger partial charge in [0.1, 0.15) is 11.4 Å². The summed E-state index contributed by atoms with van der Waals surface area (Å²) in [6, 6.07) is 0.840. The number of carbonyl (C=O) groups excluding carboxylic acids is 3. The fourth-order valence-electron chi connectivity index (χ4n) is 1.70. The van der Waals surface area contributed by atoms with Gasteiger partial charge in [0.25, 0.3) is 11.6 Å². The lowest BCUT2D eigenvalue weighted by atomic mass is 10.2. The van der Waals surface area contributed by atoms with Crippen LogP contribution in [0, 0.1) is 10.1 Å². The fraction of sp³-hybridized carbons (Fsp3) is 0.308. The molecule has 1 aromatic rings. The molecule has 11 nitrogen and oxygen atoms in total. The van der Waals surface area contributed by atoms with Crippen LogP contribution in [0.25, 0.3) is 0 Å². The van der Waals surface area contributed by atoms with E-state index in [2.05, 4.69) is 4.74 Å². The third-order valence-corrected chi connectivity index (χ3v) is 3.97. The summed E-state index contributed by atoms with van der Waals surface area (Å²) in [5.41, 5.74) is -1.36. The van der Waals surface area contributed by atoms with Gasteiger partial charge < -0.3 is 10.1 Å². The van der Waals surface area contributed by atoms with Gasteiger partial charge in [-0.05, 0) is 12.1 Å². The number of ether oxygens (including phenoxy) is 1. The van der Waals surface area contributed by atoms with E-state index in [1.165, 1.54) is 10.6 Å². The molecule has 15 heteroatoms. The van der Waals surface area contributed by atoms with E-state index in [9.17, 15) is 46.1 Å². The average molecular weight is 427 g/mol. The standard InChI is InChI=1S/C13H12F3N3O8S/c1-28(25,26)9-3-2-7(4-8(9)19(23)24)11(21)27-5-10(20)18-12(22)17-6-13(14,15)16/h2-4H,5-6H2,1H3,(H2,17,18,20,22). The van der Waals surface area contributed by atoms with E-state index in [-0.39, 0.29) is 0 Å². The Bertz CT molecular complexity index is 914. The number of alkyl halides is 3. The highest BCUT2D eigenvalue weighted by Gasteiger charge is 2.28. The number of carbonyl (C=O) groups is 3. The van der Waals surface area contributed by atoms with Crippen molar-refractivity contribution in [1.82, 2.24) is 10.6 Å². The van der Waals surface area contributed by atoms with Gasteiger partial charge in [-0.2, -0.15) is 13.2 Å². The number of esters is 1. The lowest BCUT2D eigenvalue weighted by Gasteiger charge is -2.09. The van der Waals surface area contributed by atoms with Gasteiger partial charge >= 0.3 is 18.2 Å². The van der Waals surface area contributed by atoms with E-state index in [4.69, 9.17) is 0 Å². The largest absolute Gasteiger partial charge is 0.452 e. The molecule has 0 saturated carbocycles. The summed E-state index contributed by atoms with van der Waals surface area (Å²) in [6.07, 6.45) is -3.97. The summed E-state index contributed by atoms with van der Waals surface area (Å²) in [6.45, 7) is -2.78. The number of amides is 3. The van der Waals surface area contributed by atoms with Crippen LogP contribution in [-0.2, 0) is 19.4 Å². The second-order valence-electron chi connectivity index (χ2n) is 5.13. The number of halogens is 3. The van der Waals surface area contributed by atoms with E-state index in [1.807, 2.05) is 0 Å². The molecule has 0 atom stereocenters. The molecule has 0 aliphatic heterocycles. The Morgan fingerprint density at radius 2 is 1.86 bits per heavy atom. The minimum Gasteiger partial charge on any atom is -0.452 e. The monoisotopic (exact) mass is 427 g/mol. The zero-order valence-corrected chi connectivity index (χ0v) is 14.7. The molecular formula is C13H12F3N3O8S. The number of sulfone groups is 1. The zero-order valence-electron chi connectivity index (χ0n) is 13.9. The number of nitro benzene ring substituents is 1. The number of rotatable bonds is 6. The van der Waals surface area contributed by atoms with Crippen LogP contribution in [-0.4, -0.2) is 56.8 Å². The van der Waals surface area contributed by atoms with Crippen molar-refractivity contribution in [3.63, 3.8) is 0 Å². The molecule has 1 aromatic carbocycles. The smallest absolute Gasteiger partial charge is 0.405 e. The van der Waals surface area contributed by atoms with Crippen LogP contribution < -0.4 is 10.6 Å². The van der Waals surface area contributed by atoms with Crippen LogP contribution >= 0.6 is 0 Å². The van der Waals surface area contributed by atoms with Gasteiger partial charge in [0.05, 0.1) is 10.5 Å². The van der Waals surface area contributed by atoms with Crippen LogP contribution in [0.2, 0.25) is 0 Å². The second kappa shape index (κ2) is 8.64. The fourth-order valence-corrected chi connectivity index (χ4v) is 2.53. The van der Waals surface area contributed by atoms with Crippen LogP contribution in [0.15, 0.2) is 23.1 Å². The Morgan fingerprint density at radius 3 is 2.36 bits per heavy atom. The predicted octanol–water partition coefficient (Wildman–Crippen LogP) is 0.543. The molecule has 0 spiro atoms. The van der Waals surface area contributed by atoms with Gasteiger partial charge in [-0.3, -0.25) is 20.2 Å². The van der Waals surface area contributed by atoms with Crippen molar-refractivity contribution in [2.45, 2.75) is 11.1 Å². The first-order valence-corrected chi connectivity index (χ1v) is 8.90. The van der Waals surface area contributed by atoms with E-state index >= 15 is 0 Å². The highest BCUT2D eigenvalue weighted by molar-refractivity contribution is 7.90. The molecule has 0 bridgehead atoms. The lowest BCUT2D eigenvalue weighted by molar-refractivity contribution is -0.387. The van der Waals surface area contributed by atoms with Gasteiger partial charge in [0, 0.05) is 12.3 Å². The Balaban J connectivity index is 2.73. The molecule has 2 N–H and O–H groups in total. The second-order valence-corrected chi connectivity index (χ2v) is 7.12. The summed E-state index contributed by atoms with van der Waals surface area (Å²) in [7, 11) is -3.96. The van der Waals surface area contributed by atoms with Crippen molar-refractivity contribution in [3.8, 4) is 0 Å². The Hall–Kier alpha value is -3.23. The van der Waals surface area contributed by atoms with Crippen molar-refractivity contribution < 1.29 is 45.6 Å². The zero-order chi connectivity index (χ0) is 21.7. The summed E-state index contributed by atoms with van der Waals surface area (Å²) >= 11 is 0. The Kier molecular flexibility index (Phi) is 7.04. The van der Waals surface area contributed by atoms with Crippen LogP contribution in [0.1, 0.15) is 10.4 Å². The molecule has 0 aliphatic rings. The molecule has 154 valence electrons. The van der Waals surface area contributed by atoms with Gasteiger partial charge in [-0.1, -0.05) is 0 Å². The molecular weight excluding hydrogens is 415 g/mol. The van der Waals surface area contributed by atoms with Crippen molar-refractivity contribution in [3.05, 3.63) is 33.9 Å². The van der Waals surface area contributed by atoms with Gasteiger partial charge in [0.2, 0.25) is 0 Å². The lowest BCUT2D eigenvalue weighted by Crippen LogP contribution is -2.44. The van der Waals surface area contributed by atoms with Crippen molar-refractivity contribution in [2.24, 2.45) is 0 Å². The maximum atomic E-state index is 11.9. The number of hydrogen-bond acceptors (Lipinski definition) is 8. The van der Waals surface area contributed by atoms with Gasteiger partial charge in [0.15, 0.2) is 16.4 Å². The molecule has 3 amide bonds. The van der Waals surface area contributed by atoms with Crippen molar-refractivity contribution in [2.75, 3.05) is 19.4 Å². The highest BCUT2D eigenvalue weighted by Crippen LogP contribution is 2.25. The summed E-state index contributed by atoms with van der Waals surface area (Å²) in [4.78, 5) is 43.5.